The van der Waals surface area contributed by atoms with Gasteiger partial charge in [-0.15, -0.1) is 5.10 Å². The lowest BCUT2D eigenvalue weighted by Crippen LogP contribution is -2.47. The van der Waals surface area contributed by atoms with Gasteiger partial charge in [0.1, 0.15) is 11.4 Å². The van der Waals surface area contributed by atoms with Crippen LogP contribution in [0.15, 0.2) is 29.4 Å². The molecule has 0 saturated heterocycles. The number of hydrogen-bond donors (Lipinski definition) is 2. The van der Waals surface area contributed by atoms with Crippen molar-refractivity contribution in [2.24, 2.45) is 5.92 Å². The molecule has 134 valence electrons. The number of thioether (sulfide) groups is 1. The van der Waals surface area contributed by atoms with Gasteiger partial charge in [0.15, 0.2) is 0 Å². The highest BCUT2D eigenvalue weighted by Gasteiger charge is 2.42. The van der Waals surface area contributed by atoms with E-state index in [1.807, 2.05) is 30.4 Å². The number of aromatic amines is 1. The monoisotopic (exact) mass is 367 g/mol. The first-order valence-corrected chi connectivity index (χ1v) is 9.50. The van der Waals surface area contributed by atoms with E-state index >= 15 is 0 Å². The number of benzene rings is 1. The predicted molar refractivity (Wildman–Crippen MR) is 102 cm³/mol. The van der Waals surface area contributed by atoms with Crippen molar-refractivity contribution in [2.45, 2.75) is 37.4 Å². The number of rotatable bonds is 7. The van der Waals surface area contributed by atoms with Gasteiger partial charge in [0.05, 0.1) is 11.8 Å². The molecule has 1 aliphatic rings. The molecule has 1 heterocycles. The minimum absolute atomic E-state index is 0.173. The van der Waals surface area contributed by atoms with Gasteiger partial charge >= 0.3 is 0 Å². The summed E-state index contributed by atoms with van der Waals surface area (Å²) in [6.07, 6.45) is 5.83. The minimum Gasteiger partial charge on any atom is -0.337 e. The van der Waals surface area contributed by atoms with Gasteiger partial charge in [-0.3, -0.25) is 9.89 Å². The molecule has 2 N–H and O–H groups in total. The second-order valence-electron chi connectivity index (χ2n) is 6.62. The zero-order chi connectivity index (χ0) is 18.6. The van der Waals surface area contributed by atoms with E-state index in [1.54, 1.807) is 6.92 Å². The van der Waals surface area contributed by atoms with E-state index in [0.717, 1.165) is 18.4 Å². The van der Waals surface area contributed by atoms with Crippen LogP contribution in [-0.2, 0) is 4.79 Å². The number of aromatic nitrogens is 3. The molecule has 0 bridgehead atoms. The van der Waals surface area contributed by atoms with Gasteiger partial charge in [-0.1, -0.05) is 42.1 Å². The molecule has 7 heteroatoms. The first kappa shape index (κ1) is 18.2. The highest BCUT2D eigenvalue weighted by atomic mass is 32.2. The smallest absolute Gasteiger partial charge is 0.231 e. The van der Waals surface area contributed by atoms with Crippen molar-refractivity contribution in [2.75, 3.05) is 5.75 Å². The molecular formula is C19H21N5OS. The fraction of sp³-hybridized carbons (Fsp3) is 0.368. The van der Waals surface area contributed by atoms with Gasteiger partial charge < -0.3 is 5.32 Å². The highest BCUT2D eigenvalue weighted by molar-refractivity contribution is 7.99. The lowest BCUT2D eigenvalue weighted by atomic mass is 9.98. The number of nitrogens with zero attached hydrogens (tertiary/aromatic N) is 3. The molecule has 1 atom stereocenters. The number of nitriles is 1. The number of nitrogens with one attached hydrogen (secondary N) is 2. The van der Waals surface area contributed by atoms with Crippen LogP contribution in [0.1, 0.15) is 36.7 Å². The summed E-state index contributed by atoms with van der Waals surface area (Å²) >= 11 is 1.25. The van der Waals surface area contributed by atoms with Gasteiger partial charge in [-0.2, -0.15) is 5.26 Å². The van der Waals surface area contributed by atoms with Gasteiger partial charge in [-0.05, 0) is 49.8 Å². The van der Waals surface area contributed by atoms with E-state index in [4.69, 9.17) is 0 Å². The number of carbonyl (C=O) groups excluding carboxylic acids is 1. The molecule has 0 aliphatic heterocycles. The summed E-state index contributed by atoms with van der Waals surface area (Å²) in [6.45, 7) is 3.84. The topological polar surface area (TPSA) is 94.5 Å². The van der Waals surface area contributed by atoms with E-state index in [-0.39, 0.29) is 17.6 Å². The molecule has 1 aromatic carbocycles. The summed E-state index contributed by atoms with van der Waals surface area (Å²) in [6, 6.07) is 10.3. The van der Waals surface area contributed by atoms with Crippen LogP contribution in [0.5, 0.6) is 0 Å². The lowest BCUT2D eigenvalue weighted by molar-refractivity contribution is -0.119. The van der Waals surface area contributed by atoms with Crippen molar-refractivity contribution in [3.8, 4) is 6.07 Å². The molecule has 2 aromatic rings. The number of aryl methyl sites for hydroxylation is 1. The van der Waals surface area contributed by atoms with E-state index in [0.29, 0.717) is 11.0 Å². The van der Waals surface area contributed by atoms with Crippen molar-refractivity contribution in [3.05, 3.63) is 41.2 Å². The molecule has 1 aromatic heterocycles. The Labute approximate surface area is 157 Å². The Bertz CT molecular complexity index is 865. The number of hydrogen-bond acceptors (Lipinski definition) is 5. The SMILES string of the molecule is Cc1ccccc1C=Cc1nc(SCC(=O)NC(C)(C#N)C2CC2)n[nH]1. The van der Waals surface area contributed by atoms with Gasteiger partial charge in [0.25, 0.3) is 0 Å². The molecular weight excluding hydrogens is 346 g/mol. The Morgan fingerprint density at radius 3 is 2.92 bits per heavy atom. The third-order valence-electron chi connectivity index (χ3n) is 4.45. The fourth-order valence-electron chi connectivity index (χ4n) is 2.68. The van der Waals surface area contributed by atoms with Crippen LogP contribution in [0.25, 0.3) is 12.2 Å². The second-order valence-corrected chi connectivity index (χ2v) is 7.56. The molecule has 6 nitrogen and oxygen atoms in total. The van der Waals surface area contributed by atoms with Crippen LogP contribution >= 0.6 is 11.8 Å². The van der Waals surface area contributed by atoms with Crippen LogP contribution in [0.2, 0.25) is 0 Å². The Balaban J connectivity index is 1.53. The number of H-pyrrole nitrogens is 1. The molecule has 1 fully saturated rings. The maximum atomic E-state index is 12.1. The Hall–Kier alpha value is -2.59. The summed E-state index contributed by atoms with van der Waals surface area (Å²) in [7, 11) is 0. The molecule has 1 saturated carbocycles. The summed E-state index contributed by atoms with van der Waals surface area (Å²) < 4.78 is 0. The Morgan fingerprint density at radius 2 is 2.23 bits per heavy atom. The summed E-state index contributed by atoms with van der Waals surface area (Å²) in [5, 5.41) is 19.6. The summed E-state index contributed by atoms with van der Waals surface area (Å²) in [4.78, 5) is 16.5. The lowest BCUT2D eigenvalue weighted by Gasteiger charge is -2.22. The third kappa shape index (κ3) is 4.52. The van der Waals surface area contributed by atoms with Crippen molar-refractivity contribution >= 4 is 29.8 Å². The van der Waals surface area contributed by atoms with Crippen LogP contribution in [0.4, 0.5) is 0 Å². The van der Waals surface area contributed by atoms with Crippen molar-refractivity contribution in [3.63, 3.8) is 0 Å². The van der Waals surface area contributed by atoms with Crippen LogP contribution < -0.4 is 5.32 Å². The Kier molecular flexibility index (Phi) is 5.43. The first-order valence-electron chi connectivity index (χ1n) is 8.51. The summed E-state index contributed by atoms with van der Waals surface area (Å²) in [5.74, 6) is 0.912. The van der Waals surface area contributed by atoms with E-state index in [1.165, 1.54) is 17.3 Å². The van der Waals surface area contributed by atoms with Crippen molar-refractivity contribution in [1.29, 1.82) is 5.26 Å². The third-order valence-corrected chi connectivity index (χ3v) is 5.30. The molecule has 3 rings (SSSR count). The van der Waals surface area contributed by atoms with Crippen LogP contribution in [0.3, 0.4) is 0 Å². The molecule has 0 spiro atoms. The van der Waals surface area contributed by atoms with Crippen molar-refractivity contribution < 1.29 is 4.79 Å². The van der Waals surface area contributed by atoms with E-state index in [9.17, 15) is 10.1 Å². The largest absolute Gasteiger partial charge is 0.337 e. The number of amides is 1. The average molecular weight is 367 g/mol. The number of carbonyl (C=O) groups is 1. The minimum atomic E-state index is -0.766. The van der Waals surface area contributed by atoms with Crippen LogP contribution in [-0.4, -0.2) is 32.4 Å². The quantitative estimate of drug-likeness (QED) is 0.733. The Morgan fingerprint density at radius 1 is 1.46 bits per heavy atom. The molecule has 0 radical (unpaired) electrons. The maximum absolute atomic E-state index is 12.1. The normalized spacial score (nSPS) is 16.2. The maximum Gasteiger partial charge on any atom is 0.231 e. The second kappa shape index (κ2) is 7.75. The van der Waals surface area contributed by atoms with Crippen molar-refractivity contribution in [1.82, 2.24) is 20.5 Å². The van der Waals surface area contributed by atoms with Crippen LogP contribution in [0, 0.1) is 24.2 Å². The fourth-order valence-corrected chi connectivity index (χ4v) is 3.28. The molecule has 1 aliphatic carbocycles. The highest BCUT2D eigenvalue weighted by Crippen LogP contribution is 2.39. The molecule has 26 heavy (non-hydrogen) atoms. The molecule has 1 amide bonds. The van der Waals surface area contributed by atoms with E-state index < -0.39 is 5.54 Å². The van der Waals surface area contributed by atoms with E-state index in [2.05, 4.69) is 39.6 Å². The van der Waals surface area contributed by atoms with Gasteiger partial charge in [0, 0.05) is 0 Å². The van der Waals surface area contributed by atoms with Gasteiger partial charge in [-0.25, -0.2) is 4.98 Å². The zero-order valence-corrected chi connectivity index (χ0v) is 15.6. The zero-order valence-electron chi connectivity index (χ0n) is 14.8. The molecule has 1 unspecified atom stereocenters. The summed E-state index contributed by atoms with van der Waals surface area (Å²) in [5.41, 5.74) is 1.54. The average Bonchev–Trinajstić information content (AvgIpc) is 3.40. The van der Waals surface area contributed by atoms with Gasteiger partial charge in [0.2, 0.25) is 11.1 Å². The standard InChI is InChI=1S/C19H21N5OS/c1-13-5-3-4-6-14(13)7-10-16-21-18(24-23-16)26-11-17(25)22-19(2,12-20)15-8-9-15/h3-7,10,15H,8-9,11H2,1-2H3,(H,22,25)(H,21,23,24). The first-order chi connectivity index (χ1) is 12.5. The predicted octanol–water partition coefficient (Wildman–Crippen LogP) is 3.18.